The molecule has 2 aromatic carbocycles. The summed E-state index contributed by atoms with van der Waals surface area (Å²) in [4.78, 5) is 22.0. The van der Waals surface area contributed by atoms with Crippen LogP contribution in [0.15, 0.2) is 60.8 Å². The van der Waals surface area contributed by atoms with Crippen LogP contribution >= 0.6 is 12.4 Å². The highest BCUT2D eigenvalue weighted by atomic mass is 35.5. The molecule has 2 fully saturated rings. The highest BCUT2D eigenvalue weighted by Gasteiger charge is 2.31. The zero-order chi connectivity index (χ0) is 29.5. The molecule has 1 atom stereocenters. The molecule has 5 rings (SSSR count). The molecule has 1 aromatic heterocycles. The van der Waals surface area contributed by atoms with Gasteiger partial charge in [-0.3, -0.25) is 4.79 Å². The molecule has 0 bridgehead atoms. The number of piperazine rings is 1. The van der Waals surface area contributed by atoms with Crippen LogP contribution in [0.5, 0.6) is 11.5 Å². The number of carbonyl (C=O) groups excluding carboxylic acids is 1. The molecule has 3 aromatic rings. The van der Waals surface area contributed by atoms with E-state index < -0.39 is 6.36 Å². The average Bonchev–Trinajstić information content (AvgIpc) is 3.00. The molecule has 2 saturated heterocycles. The van der Waals surface area contributed by atoms with E-state index in [1.807, 2.05) is 24.3 Å². The predicted octanol–water partition coefficient (Wildman–Crippen LogP) is 5.10. The summed E-state index contributed by atoms with van der Waals surface area (Å²) in [6.45, 7) is 5.39. The molecule has 43 heavy (non-hydrogen) atoms. The topological polar surface area (TPSA) is 91.0 Å². The van der Waals surface area contributed by atoms with E-state index in [9.17, 15) is 18.0 Å². The maximum Gasteiger partial charge on any atom is 0.573 e. The molecule has 0 aliphatic carbocycles. The molecular weight excluding hydrogens is 585 g/mol. The van der Waals surface area contributed by atoms with Crippen molar-refractivity contribution in [1.29, 1.82) is 0 Å². The second-order valence-electron chi connectivity index (χ2n) is 10.3. The maximum atomic E-state index is 13.0. The Morgan fingerprint density at radius 2 is 1.77 bits per heavy atom. The van der Waals surface area contributed by atoms with E-state index >= 15 is 0 Å². The number of hydrogen-bond acceptors (Lipinski definition) is 8. The van der Waals surface area contributed by atoms with Gasteiger partial charge in [-0.1, -0.05) is 12.1 Å². The summed E-state index contributed by atoms with van der Waals surface area (Å²) >= 11 is 0. The summed E-state index contributed by atoms with van der Waals surface area (Å²) in [5.74, 6) is 0.809. The summed E-state index contributed by atoms with van der Waals surface area (Å²) in [5.41, 5.74) is 3.58. The second-order valence-corrected chi connectivity index (χ2v) is 10.3. The number of nitrogens with zero attached hydrogens (tertiary/aromatic N) is 3. The highest BCUT2D eigenvalue weighted by Crippen LogP contribution is 2.33. The first kappa shape index (κ1) is 32.0. The summed E-state index contributed by atoms with van der Waals surface area (Å²) in [5, 5.41) is 9.66. The van der Waals surface area contributed by atoms with Crippen LogP contribution in [0.3, 0.4) is 0 Å². The van der Waals surface area contributed by atoms with Gasteiger partial charge in [-0.25, -0.2) is 4.98 Å². The number of rotatable bonds is 9. The summed E-state index contributed by atoms with van der Waals surface area (Å²) < 4.78 is 46.7. The molecule has 232 valence electrons. The lowest BCUT2D eigenvalue weighted by Gasteiger charge is -2.34. The van der Waals surface area contributed by atoms with Gasteiger partial charge in [0.15, 0.2) is 0 Å². The maximum absolute atomic E-state index is 13.0. The first-order valence-electron chi connectivity index (χ1n) is 14.0. The van der Waals surface area contributed by atoms with E-state index in [1.165, 1.54) is 24.3 Å². The standard InChI is InChI=1S/C30H35F3N6O3.ClH/c1-41-27-17-23(38-15-12-34-13-16-38)6-9-26(27)37-28-18-24(10-11-35-28)39-14-2-3-22(20-39)29(40)36-19-21-4-7-25(8-5-21)42-30(31,32)33;/h4-11,17-18,22,34H,2-3,12-16,19-20H2,1H3,(H,35,37)(H,36,40);1H. The first-order chi connectivity index (χ1) is 20.3. The third-order valence-electron chi connectivity index (χ3n) is 7.45. The van der Waals surface area contributed by atoms with E-state index in [4.69, 9.17) is 4.74 Å². The lowest BCUT2D eigenvalue weighted by atomic mass is 9.96. The smallest absolute Gasteiger partial charge is 0.494 e. The summed E-state index contributed by atoms with van der Waals surface area (Å²) in [7, 11) is 1.65. The second kappa shape index (κ2) is 14.5. The van der Waals surface area contributed by atoms with Gasteiger partial charge in [0.1, 0.15) is 17.3 Å². The first-order valence-corrected chi connectivity index (χ1v) is 14.0. The molecular formula is C30H36ClF3N6O3. The minimum atomic E-state index is -4.74. The normalized spacial score (nSPS) is 17.1. The Morgan fingerprint density at radius 3 is 2.49 bits per heavy atom. The number of ether oxygens (including phenoxy) is 2. The van der Waals surface area contributed by atoms with Crippen LogP contribution < -0.4 is 35.2 Å². The fourth-order valence-electron chi connectivity index (χ4n) is 5.29. The quantitative estimate of drug-likeness (QED) is 0.305. The SMILES string of the molecule is COc1cc(N2CCNCC2)ccc1Nc1cc(N2CCCC(C(=O)NCc3ccc(OC(F)(F)F)cc3)C2)ccn1.Cl. The Kier molecular flexibility index (Phi) is 10.8. The van der Waals surface area contributed by atoms with Crippen LogP contribution in [0.1, 0.15) is 18.4 Å². The van der Waals surface area contributed by atoms with Crippen molar-refractivity contribution in [3.63, 3.8) is 0 Å². The number of pyridine rings is 1. The largest absolute Gasteiger partial charge is 0.573 e. The molecule has 2 aliphatic heterocycles. The van der Waals surface area contributed by atoms with Crippen LogP contribution in [-0.2, 0) is 11.3 Å². The molecule has 1 amide bonds. The van der Waals surface area contributed by atoms with E-state index in [0.717, 1.165) is 68.4 Å². The molecule has 1 unspecified atom stereocenters. The number of amides is 1. The van der Waals surface area contributed by atoms with Gasteiger partial charge in [-0.05, 0) is 48.7 Å². The van der Waals surface area contributed by atoms with Crippen molar-refractivity contribution in [3.8, 4) is 11.5 Å². The van der Waals surface area contributed by atoms with Crippen molar-refractivity contribution in [3.05, 3.63) is 66.4 Å². The van der Waals surface area contributed by atoms with Gasteiger partial charge in [-0.2, -0.15) is 0 Å². The molecule has 9 nitrogen and oxygen atoms in total. The van der Waals surface area contributed by atoms with E-state index in [1.54, 1.807) is 13.3 Å². The van der Waals surface area contributed by atoms with Gasteiger partial charge in [0.2, 0.25) is 5.91 Å². The monoisotopic (exact) mass is 620 g/mol. The predicted molar refractivity (Wildman–Crippen MR) is 163 cm³/mol. The van der Waals surface area contributed by atoms with Gasteiger partial charge >= 0.3 is 6.36 Å². The number of piperidine rings is 1. The molecule has 2 aliphatic rings. The minimum absolute atomic E-state index is 0. The Morgan fingerprint density at radius 1 is 1.02 bits per heavy atom. The number of halogens is 4. The number of methoxy groups -OCH3 is 1. The fraction of sp³-hybridized carbons (Fsp3) is 0.400. The number of aromatic nitrogens is 1. The van der Waals surface area contributed by atoms with Crippen molar-refractivity contribution in [2.24, 2.45) is 5.92 Å². The summed E-state index contributed by atoms with van der Waals surface area (Å²) in [6.07, 6.45) is -1.38. The van der Waals surface area contributed by atoms with Gasteiger partial charge in [-0.15, -0.1) is 25.6 Å². The van der Waals surface area contributed by atoms with Crippen molar-refractivity contribution < 1.29 is 27.4 Å². The van der Waals surface area contributed by atoms with Crippen molar-refractivity contribution >= 4 is 41.2 Å². The number of anilines is 4. The Bertz CT molecular complexity index is 1360. The van der Waals surface area contributed by atoms with Crippen LogP contribution in [0.4, 0.5) is 36.1 Å². The Hall–Kier alpha value is -3.90. The van der Waals surface area contributed by atoms with Crippen LogP contribution in [-0.4, -0.2) is 63.6 Å². The molecule has 0 saturated carbocycles. The van der Waals surface area contributed by atoms with Gasteiger partial charge in [0.25, 0.3) is 0 Å². The van der Waals surface area contributed by atoms with Crippen molar-refractivity contribution in [2.45, 2.75) is 25.7 Å². The summed E-state index contributed by atoms with van der Waals surface area (Å²) in [6, 6.07) is 15.5. The number of benzene rings is 2. The van der Waals surface area contributed by atoms with Crippen LogP contribution in [0.25, 0.3) is 0 Å². The van der Waals surface area contributed by atoms with E-state index in [2.05, 4.69) is 41.5 Å². The van der Waals surface area contributed by atoms with Gasteiger partial charge < -0.3 is 35.2 Å². The molecule has 3 N–H and O–H groups in total. The van der Waals surface area contributed by atoms with Gasteiger partial charge in [0.05, 0.1) is 18.7 Å². The van der Waals surface area contributed by atoms with Crippen molar-refractivity contribution in [1.82, 2.24) is 15.6 Å². The lowest BCUT2D eigenvalue weighted by Crippen LogP contribution is -2.43. The lowest BCUT2D eigenvalue weighted by molar-refractivity contribution is -0.274. The number of carbonyl (C=O) groups is 1. The number of alkyl halides is 3. The molecule has 0 spiro atoms. The Labute approximate surface area is 255 Å². The average molecular weight is 621 g/mol. The Balaban J connectivity index is 0.00000423. The van der Waals surface area contributed by atoms with Gasteiger partial charge in [0, 0.05) is 75.5 Å². The zero-order valence-electron chi connectivity index (χ0n) is 23.8. The van der Waals surface area contributed by atoms with E-state index in [0.29, 0.717) is 17.9 Å². The van der Waals surface area contributed by atoms with Crippen LogP contribution in [0, 0.1) is 5.92 Å². The highest BCUT2D eigenvalue weighted by molar-refractivity contribution is 5.85. The minimum Gasteiger partial charge on any atom is -0.494 e. The fourth-order valence-corrected chi connectivity index (χ4v) is 5.29. The molecule has 13 heteroatoms. The number of hydrogen-bond donors (Lipinski definition) is 3. The zero-order valence-corrected chi connectivity index (χ0v) is 24.6. The van der Waals surface area contributed by atoms with Crippen molar-refractivity contribution in [2.75, 3.05) is 61.5 Å². The van der Waals surface area contributed by atoms with Crippen LogP contribution in [0.2, 0.25) is 0 Å². The number of nitrogens with one attached hydrogen (secondary N) is 3. The van der Waals surface area contributed by atoms with E-state index in [-0.39, 0.29) is 36.5 Å². The molecule has 3 heterocycles. The third-order valence-corrected chi connectivity index (χ3v) is 7.45. The molecule has 0 radical (unpaired) electrons. The third kappa shape index (κ3) is 8.80.